The highest BCUT2D eigenvalue weighted by atomic mass is 16.5. The zero-order valence-corrected chi connectivity index (χ0v) is 12.3. The molecule has 0 saturated carbocycles. The summed E-state index contributed by atoms with van der Waals surface area (Å²) >= 11 is 0. The Morgan fingerprint density at radius 2 is 2.30 bits per heavy atom. The molecule has 4 heteroatoms. The molecule has 1 aromatic heterocycles. The van der Waals surface area contributed by atoms with E-state index in [-0.39, 0.29) is 6.10 Å². The third-order valence-corrected chi connectivity index (χ3v) is 3.89. The van der Waals surface area contributed by atoms with Gasteiger partial charge in [0, 0.05) is 25.1 Å². The van der Waals surface area contributed by atoms with Gasteiger partial charge >= 0.3 is 0 Å². The van der Waals surface area contributed by atoms with E-state index < -0.39 is 0 Å². The molecule has 0 bridgehead atoms. The normalized spacial score (nSPS) is 21.4. The topological polar surface area (TPSA) is 39.1 Å². The SMILES string of the molecule is CCNC1CC(c2cncn2C)Oc2ccc(C)cc21. The van der Waals surface area contributed by atoms with Gasteiger partial charge in [0.05, 0.1) is 18.2 Å². The van der Waals surface area contributed by atoms with Crippen LogP contribution in [0.4, 0.5) is 0 Å². The standard InChI is InChI=1S/C16H21N3O/c1-4-18-13-8-16(14-9-17-10-19(14)3)20-15-6-5-11(2)7-12(13)15/h5-7,9-10,13,16,18H,4,8H2,1-3H3. The zero-order chi connectivity index (χ0) is 14.1. The van der Waals surface area contributed by atoms with Crippen molar-refractivity contribution < 1.29 is 4.74 Å². The van der Waals surface area contributed by atoms with Crippen LogP contribution in [0.25, 0.3) is 0 Å². The molecule has 1 aromatic carbocycles. The van der Waals surface area contributed by atoms with Crippen molar-refractivity contribution in [3.8, 4) is 5.75 Å². The fourth-order valence-electron chi connectivity index (χ4n) is 2.89. The number of aromatic nitrogens is 2. The summed E-state index contributed by atoms with van der Waals surface area (Å²) in [5.74, 6) is 0.985. The lowest BCUT2D eigenvalue weighted by Gasteiger charge is -2.33. The Labute approximate surface area is 119 Å². The second-order valence-electron chi connectivity index (χ2n) is 5.42. The summed E-state index contributed by atoms with van der Waals surface area (Å²) in [6.07, 6.45) is 4.71. The molecular formula is C16H21N3O. The number of benzene rings is 1. The number of rotatable bonds is 3. The molecule has 20 heavy (non-hydrogen) atoms. The summed E-state index contributed by atoms with van der Waals surface area (Å²) in [4.78, 5) is 4.20. The van der Waals surface area contributed by atoms with E-state index >= 15 is 0 Å². The fourth-order valence-corrected chi connectivity index (χ4v) is 2.89. The van der Waals surface area contributed by atoms with E-state index in [2.05, 4.69) is 42.3 Å². The number of nitrogens with zero attached hydrogens (tertiary/aromatic N) is 2. The lowest BCUT2D eigenvalue weighted by atomic mass is 9.94. The third-order valence-electron chi connectivity index (χ3n) is 3.89. The number of hydrogen-bond acceptors (Lipinski definition) is 3. The highest BCUT2D eigenvalue weighted by Gasteiger charge is 2.30. The van der Waals surface area contributed by atoms with E-state index in [0.717, 1.165) is 24.4 Å². The average Bonchev–Trinajstić information content (AvgIpc) is 2.85. The minimum Gasteiger partial charge on any atom is -0.484 e. The molecule has 3 rings (SSSR count). The molecule has 0 amide bonds. The number of aryl methyl sites for hydroxylation is 2. The monoisotopic (exact) mass is 271 g/mol. The van der Waals surface area contributed by atoms with E-state index in [1.807, 2.05) is 24.1 Å². The second-order valence-corrected chi connectivity index (χ2v) is 5.42. The predicted octanol–water partition coefficient (Wildman–Crippen LogP) is 2.90. The molecular weight excluding hydrogens is 250 g/mol. The molecule has 1 N–H and O–H groups in total. The maximum atomic E-state index is 6.19. The van der Waals surface area contributed by atoms with Crippen LogP contribution in [0, 0.1) is 6.92 Å². The quantitative estimate of drug-likeness (QED) is 0.933. The molecule has 0 fully saturated rings. The molecule has 0 saturated heterocycles. The highest BCUT2D eigenvalue weighted by molar-refractivity contribution is 5.41. The van der Waals surface area contributed by atoms with Gasteiger partial charge < -0.3 is 14.6 Å². The molecule has 0 spiro atoms. The van der Waals surface area contributed by atoms with Crippen molar-refractivity contribution in [1.29, 1.82) is 0 Å². The summed E-state index contributed by atoms with van der Waals surface area (Å²) in [7, 11) is 2.01. The number of nitrogens with one attached hydrogen (secondary N) is 1. The molecule has 1 aliphatic heterocycles. The molecule has 0 aliphatic carbocycles. The Kier molecular flexibility index (Phi) is 3.49. The first-order valence-electron chi connectivity index (χ1n) is 7.16. The smallest absolute Gasteiger partial charge is 0.142 e. The lowest BCUT2D eigenvalue weighted by molar-refractivity contribution is 0.145. The number of hydrogen-bond donors (Lipinski definition) is 1. The van der Waals surface area contributed by atoms with Crippen LogP contribution in [0.1, 0.15) is 42.3 Å². The van der Waals surface area contributed by atoms with Crippen LogP contribution in [0.15, 0.2) is 30.7 Å². The van der Waals surface area contributed by atoms with Crippen molar-refractivity contribution in [2.75, 3.05) is 6.54 Å². The Bertz CT molecular complexity index is 606. The maximum Gasteiger partial charge on any atom is 0.142 e. The minimum atomic E-state index is 0.0572. The Morgan fingerprint density at radius 3 is 3.00 bits per heavy atom. The van der Waals surface area contributed by atoms with Gasteiger partial charge in [-0.1, -0.05) is 24.6 Å². The Morgan fingerprint density at radius 1 is 1.45 bits per heavy atom. The van der Waals surface area contributed by atoms with Gasteiger partial charge in [0.15, 0.2) is 0 Å². The van der Waals surface area contributed by atoms with E-state index in [9.17, 15) is 0 Å². The third kappa shape index (κ3) is 2.31. The molecule has 4 nitrogen and oxygen atoms in total. The van der Waals surface area contributed by atoms with Gasteiger partial charge in [-0.3, -0.25) is 0 Å². The molecule has 1 aliphatic rings. The lowest BCUT2D eigenvalue weighted by Crippen LogP contribution is -2.29. The number of fused-ring (bicyclic) bond motifs is 1. The first kappa shape index (κ1) is 13.2. The van der Waals surface area contributed by atoms with Crippen LogP contribution in [0.3, 0.4) is 0 Å². The van der Waals surface area contributed by atoms with E-state index in [1.165, 1.54) is 11.1 Å². The van der Waals surface area contributed by atoms with Crippen LogP contribution in [-0.4, -0.2) is 16.1 Å². The van der Waals surface area contributed by atoms with Crippen molar-refractivity contribution in [2.24, 2.45) is 7.05 Å². The molecule has 2 atom stereocenters. The summed E-state index contributed by atoms with van der Waals surface area (Å²) < 4.78 is 8.22. The van der Waals surface area contributed by atoms with E-state index in [0.29, 0.717) is 6.04 Å². The van der Waals surface area contributed by atoms with E-state index in [1.54, 1.807) is 0 Å². The van der Waals surface area contributed by atoms with Gasteiger partial charge in [0.2, 0.25) is 0 Å². The van der Waals surface area contributed by atoms with Crippen molar-refractivity contribution in [3.05, 3.63) is 47.5 Å². The van der Waals surface area contributed by atoms with Crippen LogP contribution >= 0.6 is 0 Å². The molecule has 106 valence electrons. The summed E-state index contributed by atoms with van der Waals surface area (Å²) in [5, 5.41) is 3.57. The minimum absolute atomic E-state index is 0.0572. The number of ether oxygens (including phenoxy) is 1. The first-order chi connectivity index (χ1) is 9.69. The van der Waals surface area contributed by atoms with Gasteiger partial charge in [0.1, 0.15) is 11.9 Å². The molecule has 2 aromatic rings. The zero-order valence-electron chi connectivity index (χ0n) is 12.3. The fraction of sp³-hybridized carbons (Fsp3) is 0.438. The molecule has 0 radical (unpaired) electrons. The molecule has 2 unspecified atom stereocenters. The largest absolute Gasteiger partial charge is 0.484 e. The van der Waals surface area contributed by atoms with Crippen LogP contribution < -0.4 is 10.1 Å². The van der Waals surface area contributed by atoms with Crippen molar-refractivity contribution >= 4 is 0 Å². The van der Waals surface area contributed by atoms with Gasteiger partial charge in [-0.15, -0.1) is 0 Å². The second kappa shape index (κ2) is 5.29. The number of imidazole rings is 1. The summed E-state index contributed by atoms with van der Waals surface area (Å²) in [5.41, 5.74) is 3.67. The Hall–Kier alpha value is -1.81. The predicted molar refractivity (Wildman–Crippen MR) is 78.8 cm³/mol. The highest BCUT2D eigenvalue weighted by Crippen LogP contribution is 2.40. The van der Waals surface area contributed by atoms with Crippen molar-refractivity contribution in [3.63, 3.8) is 0 Å². The average molecular weight is 271 g/mol. The molecule has 2 heterocycles. The van der Waals surface area contributed by atoms with Gasteiger partial charge in [-0.2, -0.15) is 0 Å². The first-order valence-corrected chi connectivity index (χ1v) is 7.16. The van der Waals surface area contributed by atoms with Crippen LogP contribution in [-0.2, 0) is 7.05 Å². The van der Waals surface area contributed by atoms with E-state index in [4.69, 9.17) is 4.74 Å². The van der Waals surface area contributed by atoms with Gasteiger partial charge in [-0.05, 0) is 19.5 Å². The van der Waals surface area contributed by atoms with Gasteiger partial charge in [-0.25, -0.2) is 4.98 Å². The summed E-state index contributed by atoms with van der Waals surface area (Å²) in [6, 6.07) is 6.75. The van der Waals surface area contributed by atoms with Crippen molar-refractivity contribution in [1.82, 2.24) is 14.9 Å². The maximum absolute atomic E-state index is 6.19. The van der Waals surface area contributed by atoms with Crippen molar-refractivity contribution in [2.45, 2.75) is 32.4 Å². The van der Waals surface area contributed by atoms with Crippen LogP contribution in [0.5, 0.6) is 5.75 Å². The Balaban J connectivity index is 1.96. The van der Waals surface area contributed by atoms with Gasteiger partial charge in [0.25, 0.3) is 0 Å². The summed E-state index contributed by atoms with van der Waals surface area (Å²) in [6.45, 7) is 5.22. The van der Waals surface area contributed by atoms with Crippen LogP contribution in [0.2, 0.25) is 0 Å².